The van der Waals surface area contributed by atoms with Crippen molar-refractivity contribution in [3.05, 3.63) is 29.8 Å². The maximum Gasteiger partial charge on any atom is 0.0936 e. The number of rotatable bonds is 3. The summed E-state index contributed by atoms with van der Waals surface area (Å²) in [7, 11) is 0. The Morgan fingerprint density at radius 3 is 2.79 bits per heavy atom. The molecule has 106 valence electrons. The Kier molecular flexibility index (Phi) is 4.45. The lowest BCUT2D eigenvalue weighted by atomic mass is 9.98. The van der Waals surface area contributed by atoms with E-state index in [2.05, 4.69) is 4.90 Å². The average molecular weight is 264 g/mol. The lowest BCUT2D eigenvalue weighted by Crippen LogP contribution is -2.31. The molecule has 1 heterocycles. The lowest BCUT2D eigenvalue weighted by Gasteiger charge is -2.25. The third-order valence-electron chi connectivity index (χ3n) is 3.94. The van der Waals surface area contributed by atoms with Gasteiger partial charge in [-0.25, -0.2) is 0 Å². The second-order valence-electron chi connectivity index (χ2n) is 5.80. The molecule has 1 aliphatic heterocycles. The quantitative estimate of drug-likeness (QED) is 0.724. The molecule has 0 bridgehead atoms. The summed E-state index contributed by atoms with van der Waals surface area (Å²) in [4.78, 5) is 2.21. The number of anilines is 1. The molecule has 2 rings (SSSR count). The van der Waals surface area contributed by atoms with Crippen molar-refractivity contribution in [2.24, 2.45) is 0 Å². The number of aliphatic hydroxyl groups is 2. The molecule has 0 amide bonds. The molecule has 2 atom stereocenters. The third-order valence-corrected chi connectivity index (χ3v) is 3.94. The number of hydrogen-bond donors (Lipinski definition) is 3. The average Bonchev–Trinajstić information content (AvgIpc) is 2.51. The fraction of sp³-hybridized carbons (Fsp3) is 0.600. The van der Waals surface area contributed by atoms with Gasteiger partial charge in [-0.1, -0.05) is 18.2 Å². The number of nitrogen functional groups attached to an aromatic ring is 1. The van der Waals surface area contributed by atoms with E-state index in [-0.39, 0.29) is 0 Å². The number of hydrogen-bond acceptors (Lipinski definition) is 4. The first-order valence-corrected chi connectivity index (χ1v) is 6.95. The van der Waals surface area contributed by atoms with Crippen molar-refractivity contribution in [2.75, 3.05) is 25.4 Å². The first-order valence-electron chi connectivity index (χ1n) is 6.95. The van der Waals surface area contributed by atoms with E-state index in [1.165, 1.54) is 0 Å². The van der Waals surface area contributed by atoms with Crippen LogP contribution in [0.2, 0.25) is 0 Å². The lowest BCUT2D eigenvalue weighted by molar-refractivity contribution is 0.0421. The van der Waals surface area contributed by atoms with Crippen molar-refractivity contribution in [1.29, 1.82) is 0 Å². The van der Waals surface area contributed by atoms with Gasteiger partial charge in [0.2, 0.25) is 0 Å². The molecule has 19 heavy (non-hydrogen) atoms. The van der Waals surface area contributed by atoms with Crippen molar-refractivity contribution < 1.29 is 10.2 Å². The summed E-state index contributed by atoms with van der Waals surface area (Å²) < 4.78 is 0. The topological polar surface area (TPSA) is 69.7 Å². The van der Waals surface area contributed by atoms with Crippen molar-refractivity contribution in [1.82, 2.24) is 4.90 Å². The predicted octanol–water partition coefficient (Wildman–Crippen LogP) is 1.54. The van der Waals surface area contributed by atoms with E-state index in [1.807, 2.05) is 31.2 Å². The van der Waals surface area contributed by atoms with E-state index in [9.17, 15) is 10.2 Å². The van der Waals surface area contributed by atoms with E-state index in [0.29, 0.717) is 12.2 Å². The van der Waals surface area contributed by atoms with E-state index >= 15 is 0 Å². The Balaban J connectivity index is 1.96. The monoisotopic (exact) mass is 264 g/mol. The molecule has 0 spiro atoms. The molecule has 1 aromatic carbocycles. The summed E-state index contributed by atoms with van der Waals surface area (Å²) >= 11 is 0. The smallest absolute Gasteiger partial charge is 0.0936 e. The molecule has 0 aromatic heterocycles. The minimum Gasteiger partial charge on any atom is -0.398 e. The number of aliphatic hydroxyl groups excluding tert-OH is 1. The van der Waals surface area contributed by atoms with E-state index in [0.717, 1.165) is 37.9 Å². The third kappa shape index (κ3) is 3.93. The number of nitrogens with zero attached hydrogens (tertiary/aromatic N) is 1. The first-order chi connectivity index (χ1) is 8.98. The van der Waals surface area contributed by atoms with Crippen LogP contribution in [-0.2, 0) is 0 Å². The van der Waals surface area contributed by atoms with Gasteiger partial charge in [0.1, 0.15) is 0 Å². The van der Waals surface area contributed by atoms with Crippen molar-refractivity contribution in [2.45, 2.75) is 37.9 Å². The molecule has 2 unspecified atom stereocenters. The Morgan fingerprint density at radius 2 is 2.05 bits per heavy atom. The van der Waals surface area contributed by atoms with Crippen LogP contribution < -0.4 is 5.73 Å². The zero-order valence-electron chi connectivity index (χ0n) is 11.5. The maximum absolute atomic E-state index is 10.3. The van der Waals surface area contributed by atoms with Gasteiger partial charge in [-0.15, -0.1) is 0 Å². The molecular weight excluding hydrogens is 240 g/mol. The van der Waals surface area contributed by atoms with Crippen LogP contribution in [0.5, 0.6) is 0 Å². The molecule has 1 aromatic rings. The Morgan fingerprint density at radius 1 is 1.32 bits per heavy atom. The highest BCUT2D eigenvalue weighted by molar-refractivity contribution is 5.47. The maximum atomic E-state index is 10.3. The molecular formula is C15H24N2O2. The van der Waals surface area contributed by atoms with Gasteiger partial charge in [0.05, 0.1) is 11.7 Å². The summed E-state index contributed by atoms with van der Waals surface area (Å²) in [5.74, 6) is 0. The number of benzene rings is 1. The summed E-state index contributed by atoms with van der Waals surface area (Å²) in [6.45, 7) is 4.20. The largest absolute Gasteiger partial charge is 0.398 e. The molecule has 0 saturated carbocycles. The van der Waals surface area contributed by atoms with Gasteiger partial charge in [0, 0.05) is 24.3 Å². The highest BCUT2D eigenvalue weighted by atomic mass is 16.3. The van der Waals surface area contributed by atoms with Crippen LogP contribution in [-0.4, -0.2) is 40.3 Å². The van der Waals surface area contributed by atoms with Gasteiger partial charge >= 0.3 is 0 Å². The van der Waals surface area contributed by atoms with Gasteiger partial charge in [-0.2, -0.15) is 0 Å². The second kappa shape index (κ2) is 5.90. The van der Waals surface area contributed by atoms with E-state index in [1.54, 1.807) is 0 Å². The zero-order chi connectivity index (χ0) is 13.9. The van der Waals surface area contributed by atoms with Gasteiger partial charge in [0.25, 0.3) is 0 Å². The van der Waals surface area contributed by atoms with Gasteiger partial charge < -0.3 is 20.8 Å². The standard InChI is InChI=1S/C15H24N2O2/c1-15(19)7-4-9-17(10-8-15)11-14(18)12-5-2-3-6-13(12)16/h2-3,5-6,14,18-19H,4,7-11,16H2,1H3. The van der Waals surface area contributed by atoms with Gasteiger partial charge in [-0.05, 0) is 38.8 Å². The normalized spacial score (nSPS) is 26.9. The fourth-order valence-corrected chi connectivity index (χ4v) is 2.66. The van der Waals surface area contributed by atoms with E-state index in [4.69, 9.17) is 5.73 Å². The molecule has 1 saturated heterocycles. The van der Waals surface area contributed by atoms with Gasteiger partial charge in [0.15, 0.2) is 0 Å². The number of β-amino-alcohol motifs (C(OH)–C–C–N with tert-alkyl or cyclic N) is 1. The van der Waals surface area contributed by atoms with Crippen LogP contribution in [0.4, 0.5) is 5.69 Å². The number of likely N-dealkylation sites (tertiary alicyclic amines) is 1. The molecule has 0 radical (unpaired) electrons. The van der Waals surface area contributed by atoms with Gasteiger partial charge in [-0.3, -0.25) is 0 Å². The van der Waals surface area contributed by atoms with Crippen LogP contribution in [0.3, 0.4) is 0 Å². The molecule has 1 fully saturated rings. The van der Waals surface area contributed by atoms with E-state index < -0.39 is 11.7 Å². The zero-order valence-corrected chi connectivity index (χ0v) is 11.5. The summed E-state index contributed by atoms with van der Waals surface area (Å²) in [5.41, 5.74) is 6.74. The van der Waals surface area contributed by atoms with Crippen LogP contribution in [0.15, 0.2) is 24.3 Å². The Labute approximate surface area is 114 Å². The number of nitrogens with two attached hydrogens (primary N) is 1. The van der Waals surface area contributed by atoms with Crippen molar-refractivity contribution in [3.63, 3.8) is 0 Å². The summed E-state index contributed by atoms with van der Waals surface area (Å²) in [5, 5.41) is 20.3. The second-order valence-corrected chi connectivity index (χ2v) is 5.80. The fourth-order valence-electron chi connectivity index (χ4n) is 2.66. The van der Waals surface area contributed by atoms with Crippen LogP contribution >= 0.6 is 0 Å². The summed E-state index contributed by atoms with van der Waals surface area (Å²) in [6.07, 6.45) is 1.98. The minimum atomic E-state index is -0.566. The molecule has 4 heteroatoms. The first kappa shape index (κ1) is 14.3. The highest BCUT2D eigenvalue weighted by Crippen LogP contribution is 2.25. The Bertz CT molecular complexity index is 420. The minimum absolute atomic E-state index is 0.564. The van der Waals surface area contributed by atoms with Crippen LogP contribution in [0.1, 0.15) is 37.9 Å². The predicted molar refractivity (Wildman–Crippen MR) is 76.7 cm³/mol. The summed E-state index contributed by atoms with van der Waals surface area (Å²) in [6, 6.07) is 7.44. The number of para-hydroxylation sites is 1. The van der Waals surface area contributed by atoms with Crippen LogP contribution in [0.25, 0.3) is 0 Å². The molecule has 4 nitrogen and oxygen atoms in total. The van der Waals surface area contributed by atoms with Crippen molar-refractivity contribution in [3.8, 4) is 0 Å². The van der Waals surface area contributed by atoms with Crippen molar-refractivity contribution >= 4 is 5.69 Å². The molecule has 4 N–H and O–H groups in total. The molecule has 1 aliphatic rings. The van der Waals surface area contributed by atoms with Crippen LogP contribution in [0, 0.1) is 0 Å². The Hall–Kier alpha value is -1.10. The molecule has 0 aliphatic carbocycles. The SMILES string of the molecule is CC1(O)CCCN(CC(O)c2ccccc2N)CC1. The highest BCUT2D eigenvalue weighted by Gasteiger charge is 2.26.